The maximum absolute atomic E-state index is 8.37. The van der Waals surface area contributed by atoms with Crippen LogP contribution in [0, 0.1) is 11.3 Å². The van der Waals surface area contributed by atoms with Gasteiger partial charge >= 0.3 is 0 Å². The summed E-state index contributed by atoms with van der Waals surface area (Å²) in [5.41, 5.74) is 0. The summed E-state index contributed by atoms with van der Waals surface area (Å²) in [5, 5.41) is 11.8. The molecule has 1 aromatic rings. The number of rotatable bonds is 2. The van der Waals surface area contributed by atoms with Gasteiger partial charge in [0.2, 0.25) is 0 Å². The first kappa shape index (κ1) is 8.57. The van der Waals surface area contributed by atoms with Gasteiger partial charge in [-0.25, -0.2) is 0 Å². The number of aromatic nitrogens is 2. The average Bonchev–Trinajstić information content (AvgIpc) is 2.35. The summed E-state index contributed by atoms with van der Waals surface area (Å²) in [7, 11) is 0. The van der Waals surface area contributed by atoms with E-state index in [1.807, 2.05) is 6.07 Å². The van der Waals surface area contributed by atoms with Gasteiger partial charge in [0, 0.05) is 6.20 Å². The average molecular weight is 234 g/mol. The first-order valence-corrected chi connectivity index (χ1v) is 4.17. The molecule has 0 spiro atoms. The van der Waals surface area contributed by atoms with Crippen LogP contribution in [0.1, 0.15) is 0 Å². The van der Waals surface area contributed by atoms with Gasteiger partial charge in [-0.2, -0.15) is 10.4 Å². The van der Waals surface area contributed by atoms with Crippen LogP contribution in [-0.4, -0.2) is 15.2 Å². The summed E-state index contributed by atoms with van der Waals surface area (Å²) in [6.45, 7) is 0.420. The lowest BCUT2D eigenvalue weighted by atomic mass is 10.5. The van der Waals surface area contributed by atoms with E-state index in [9.17, 15) is 0 Å². The van der Waals surface area contributed by atoms with Crippen molar-refractivity contribution in [2.45, 2.75) is 11.9 Å². The molecule has 0 aromatic carbocycles. The van der Waals surface area contributed by atoms with E-state index >= 15 is 0 Å². The minimum atomic E-state index is -0.512. The van der Waals surface area contributed by atoms with E-state index in [0.717, 1.165) is 4.47 Å². The second kappa shape index (κ2) is 3.74. The molecule has 1 aromatic heterocycles. The number of halogens is 2. The number of nitriles is 1. The Bertz CT molecular complexity index is 278. The van der Waals surface area contributed by atoms with Crippen molar-refractivity contribution >= 4 is 27.5 Å². The number of nitrogens with zero attached hydrogens (tertiary/aromatic N) is 3. The standard InChI is InChI=1S/C6H5BrClN3/c7-5-2-10-11(3-5)4-6(8)1-9/h2-3,6H,4H2. The van der Waals surface area contributed by atoms with Gasteiger partial charge in [0.05, 0.1) is 23.3 Å². The molecule has 1 atom stereocenters. The highest BCUT2D eigenvalue weighted by molar-refractivity contribution is 9.10. The van der Waals surface area contributed by atoms with Crippen molar-refractivity contribution in [1.29, 1.82) is 5.26 Å². The Hall–Kier alpha value is -0.530. The predicted octanol–water partition coefficient (Wildman–Crippen LogP) is 1.78. The Balaban J connectivity index is 2.59. The Morgan fingerprint density at radius 2 is 2.64 bits per heavy atom. The van der Waals surface area contributed by atoms with Gasteiger partial charge in [0.25, 0.3) is 0 Å². The molecule has 0 fully saturated rings. The van der Waals surface area contributed by atoms with Crippen LogP contribution in [0.4, 0.5) is 0 Å². The maximum atomic E-state index is 8.37. The van der Waals surface area contributed by atoms with E-state index in [1.165, 1.54) is 0 Å². The lowest BCUT2D eigenvalue weighted by Crippen LogP contribution is -2.08. The summed E-state index contributed by atoms with van der Waals surface area (Å²) in [6, 6.07) is 1.91. The van der Waals surface area contributed by atoms with Gasteiger partial charge < -0.3 is 0 Å². The minimum absolute atomic E-state index is 0.420. The van der Waals surface area contributed by atoms with Crippen LogP contribution < -0.4 is 0 Å². The van der Waals surface area contributed by atoms with Crippen LogP contribution in [0.15, 0.2) is 16.9 Å². The van der Waals surface area contributed by atoms with E-state index in [0.29, 0.717) is 6.54 Å². The van der Waals surface area contributed by atoms with Crippen molar-refractivity contribution in [3.63, 3.8) is 0 Å². The number of alkyl halides is 1. The molecule has 0 aliphatic heterocycles. The fourth-order valence-electron chi connectivity index (χ4n) is 0.643. The summed E-state index contributed by atoms with van der Waals surface area (Å²) in [6.07, 6.45) is 3.42. The first-order valence-electron chi connectivity index (χ1n) is 2.94. The zero-order valence-electron chi connectivity index (χ0n) is 5.54. The molecule has 58 valence electrons. The predicted molar refractivity (Wildman–Crippen MR) is 45.2 cm³/mol. The molecule has 3 nitrogen and oxygen atoms in total. The van der Waals surface area contributed by atoms with Crippen LogP contribution in [-0.2, 0) is 6.54 Å². The third-order valence-electron chi connectivity index (χ3n) is 1.09. The van der Waals surface area contributed by atoms with E-state index in [4.69, 9.17) is 16.9 Å². The van der Waals surface area contributed by atoms with Crippen molar-refractivity contribution in [2.24, 2.45) is 0 Å². The molecule has 0 aliphatic carbocycles. The summed E-state index contributed by atoms with van der Waals surface area (Å²) in [4.78, 5) is 0. The molecule has 0 radical (unpaired) electrons. The van der Waals surface area contributed by atoms with Gasteiger partial charge in [-0.1, -0.05) is 0 Å². The Morgan fingerprint density at radius 3 is 3.09 bits per heavy atom. The molecular formula is C6H5BrClN3. The highest BCUT2D eigenvalue weighted by atomic mass is 79.9. The monoisotopic (exact) mass is 233 g/mol. The summed E-state index contributed by atoms with van der Waals surface area (Å²) in [5.74, 6) is 0. The first-order chi connectivity index (χ1) is 5.22. The molecule has 0 N–H and O–H groups in total. The molecule has 0 aliphatic rings. The normalized spacial score (nSPS) is 12.5. The molecule has 0 bridgehead atoms. The molecule has 0 amide bonds. The van der Waals surface area contributed by atoms with E-state index in [1.54, 1.807) is 17.1 Å². The highest BCUT2D eigenvalue weighted by Crippen LogP contribution is 2.07. The Morgan fingerprint density at radius 1 is 1.91 bits per heavy atom. The minimum Gasteiger partial charge on any atom is -0.269 e. The second-order valence-electron chi connectivity index (χ2n) is 1.98. The third kappa shape index (κ3) is 2.52. The van der Waals surface area contributed by atoms with Crippen molar-refractivity contribution < 1.29 is 0 Å². The lowest BCUT2D eigenvalue weighted by Gasteiger charge is -1.98. The molecule has 0 saturated heterocycles. The number of hydrogen-bond acceptors (Lipinski definition) is 2. The van der Waals surface area contributed by atoms with Gasteiger partial charge in [-0.05, 0) is 15.9 Å². The SMILES string of the molecule is N#CC(Cl)Cn1cc(Br)cn1. The summed E-state index contributed by atoms with van der Waals surface area (Å²) >= 11 is 8.81. The van der Waals surface area contributed by atoms with E-state index < -0.39 is 5.38 Å². The third-order valence-corrected chi connectivity index (χ3v) is 1.73. The van der Waals surface area contributed by atoms with Crippen LogP contribution in [0.3, 0.4) is 0 Å². The second-order valence-corrected chi connectivity index (χ2v) is 3.42. The maximum Gasteiger partial charge on any atom is 0.140 e. The molecule has 11 heavy (non-hydrogen) atoms. The molecule has 1 unspecified atom stereocenters. The van der Waals surface area contributed by atoms with Crippen molar-refractivity contribution in [1.82, 2.24) is 9.78 Å². The highest BCUT2D eigenvalue weighted by Gasteiger charge is 2.03. The molecule has 0 saturated carbocycles. The quantitative estimate of drug-likeness (QED) is 0.732. The van der Waals surface area contributed by atoms with E-state index in [-0.39, 0.29) is 0 Å². The largest absolute Gasteiger partial charge is 0.269 e. The van der Waals surface area contributed by atoms with Gasteiger partial charge in [0.15, 0.2) is 0 Å². The van der Waals surface area contributed by atoms with Crippen molar-refractivity contribution in [2.75, 3.05) is 0 Å². The van der Waals surface area contributed by atoms with Crippen LogP contribution in [0.25, 0.3) is 0 Å². The fraction of sp³-hybridized carbons (Fsp3) is 0.333. The van der Waals surface area contributed by atoms with Gasteiger partial charge in [-0.3, -0.25) is 4.68 Å². The van der Waals surface area contributed by atoms with Crippen LogP contribution in [0.2, 0.25) is 0 Å². The number of hydrogen-bond donors (Lipinski definition) is 0. The van der Waals surface area contributed by atoms with Crippen LogP contribution >= 0.6 is 27.5 Å². The van der Waals surface area contributed by atoms with Crippen molar-refractivity contribution in [3.8, 4) is 6.07 Å². The smallest absolute Gasteiger partial charge is 0.140 e. The van der Waals surface area contributed by atoms with Gasteiger partial charge in [-0.15, -0.1) is 11.6 Å². The zero-order valence-corrected chi connectivity index (χ0v) is 7.88. The lowest BCUT2D eigenvalue weighted by molar-refractivity contribution is 0.631. The topological polar surface area (TPSA) is 41.6 Å². The molecule has 5 heteroatoms. The Kier molecular flexibility index (Phi) is 2.92. The molecular weight excluding hydrogens is 229 g/mol. The van der Waals surface area contributed by atoms with Gasteiger partial charge in [0.1, 0.15) is 5.38 Å². The van der Waals surface area contributed by atoms with Crippen molar-refractivity contribution in [3.05, 3.63) is 16.9 Å². The zero-order chi connectivity index (χ0) is 8.27. The molecule has 1 heterocycles. The van der Waals surface area contributed by atoms with E-state index in [2.05, 4.69) is 21.0 Å². The summed E-state index contributed by atoms with van der Waals surface area (Å²) < 4.78 is 2.50. The fourth-order valence-corrected chi connectivity index (χ4v) is 1.11. The Labute approximate surface area is 77.7 Å². The van der Waals surface area contributed by atoms with Crippen LogP contribution in [0.5, 0.6) is 0 Å². The molecule has 1 rings (SSSR count).